The minimum absolute atomic E-state index is 0.000812. The molecule has 8 aromatic heterocycles. The zero-order valence-electron chi connectivity index (χ0n) is 72.8. The number of pyridine rings is 4. The van der Waals surface area contributed by atoms with E-state index < -0.39 is 91.3 Å². The van der Waals surface area contributed by atoms with Gasteiger partial charge < -0.3 is 65.8 Å². The Labute approximate surface area is 790 Å². The maximum Gasteiger partial charge on any atom is 0.416 e. The summed E-state index contributed by atoms with van der Waals surface area (Å²) in [6.07, 6.45) is -9.15. The number of methoxy groups -OCH3 is 2. The predicted molar refractivity (Wildman–Crippen MR) is 514 cm³/mol. The molecule has 0 unspecified atom stereocenters. The van der Waals surface area contributed by atoms with Gasteiger partial charge in [0, 0.05) is 63.6 Å². The third-order valence-electron chi connectivity index (χ3n) is 21.7. The Balaban J connectivity index is 0.000000138. The number of hydrogen-bond donors (Lipinski definition) is 4. The highest BCUT2D eigenvalue weighted by molar-refractivity contribution is 9.10. The molecule has 8 heterocycles. The van der Waals surface area contributed by atoms with Gasteiger partial charge >= 0.3 is 34.9 Å². The summed E-state index contributed by atoms with van der Waals surface area (Å²) in [4.78, 5) is 106. The monoisotopic (exact) mass is 1980 g/mol. The summed E-state index contributed by atoms with van der Waals surface area (Å²) < 4.78 is 132. The number of hydrogen-bond acceptors (Lipinski definition) is 22. The number of nitrogens with zero attached hydrogens (tertiary/aromatic N) is 4. The lowest BCUT2D eigenvalue weighted by Gasteiger charge is -2.21. The van der Waals surface area contributed by atoms with Crippen LogP contribution in [-0.2, 0) is 25.4 Å². The molecule has 0 aliphatic rings. The molecular formula is C102H76BrF7N4O18S4. The first-order valence-corrected chi connectivity index (χ1v) is 45.5. The molecule has 0 spiro atoms. The van der Waals surface area contributed by atoms with Crippen molar-refractivity contribution in [1.29, 1.82) is 0 Å². The number of para-hydroxylation sites is 2. The van der Waals surface area contributed by atoms with Gasteiger partial charge in [-0.15, -0.1) is 0 Å². The Morgan fingerprint density at radius 1 is 0.375 bits per heavy atom. The lowest BCUT2D eigenvalue weighted by atomic mass is 10.0. The van der Waals surface area contributed by atoms with Crippen LogP contribution in [0.5, 0.6) is 34.5 Å². The molecule has 0 radical (unpaired) electrons. The minimum Gasteiger partial charge on any atom is -0.505 e. The molecule has 0 bridgehead atoms. The number of ether oxygens (including phenoxy) is 2. The molecule has 0 saturated heterocycles. The molecule has 10 aromatic carbocycles. The van der Waals surface area contributed by atoms with Crippen molar-refractivity contribution in [3.8, 4) is 57.0 Å². The average molecular weight is 1990 g/mol. The fraction of sp³-hybridized carbons (Fsp3) is 0.137. The van der Waals surface area contributed by atoms with Gasteiger partial charge in [-0.05, 0) is 173 Å². The van der Waals surface area contributed by atoms with Crippen molar-refractivity contribution in [3.05, 3.63) is 382 Å². The number of rotatable bonds is 18. The highest BCUT2D eigenvalue weighted by Gasteiger charge is 2.35. The van der Waals surface area contributed by atoms with Crippen LogP contribution in [0.3, 0.4) is 0 Å². The molecule has 4 N–H and O–H groups in total. The first-order chi connectivity index (χ1) is 64.9. The molecule has 0 aliphatic heterocycles. The van der Waals surface area contributed by atoms with Crippen molar-refractivity contribution in [2.75, 3.05) is 14.2 Å². The molecule has 692 valence electrons. The Morgan fingerprint density at radius 2 is 0.713 bits per heavy atom. The van der Waals surface area contributed by atoms with Crippen LogP contribution in [0.25, 0.3) is 88.2 Å². The van der Waals surface area contributed by atoms with E-state index in [2.05, 4.69) is 15.9 Å². The Kier molecular flexibility index (Phi) is 28.3. The fourth-order valence-corrected chi connectivity index (χ4v) is 19.6. The van der Waals surface area contributed by atoms with Crippen LogP contribution in [-0.4, -0.2) is 52.9 Å². The number of benzene rings is 10. The summed E-state index contributed by atoms with van der Waals surface area (Å²) in [5.74, 6) is -1.31. The second kappa shape index (κ2) is 40.0. The number of alkyl halides is 6. The van der Waals surface area contributed by atoms with Crippen LogP contribution in [0.15, 0.2) is 354 Å². The molecule has 0 saturated carbocycles. The van der Waals surface area contributed by atoms with Crippen molar-refractivity contribution in [2.24, 2.45) is 0 Å². The van der Waals surface area contributed by atoms with E-state index in [1.807, 2.05) is 100 Å². The van der Waals surface area contributed by atoms with Gasteiger partial charge in [0.15, 0.2) is 45.3 Å². The van der Waals surface area contributed by atoms with E-state index in [0.717, 1.165) is 69.0 Å². The van der Waals surface area contributed by atoms with Crippen LogP contribution in [0.4, 0.5) is 30.7 Å². The Bertz CT molecular complexity index is 8290. The topological polar surface area (TPSA) is 308 Å². The number of halogens is 8. The number of aryl methyl sites for hydroxylation is 2. The van der Waals surface area contributed by atoms with E-state index in [9.17, 15) is 89.5 Å². The van der Waals surface area contributed by atoms with E-state index >= 15 is 0 Å². The van der Waals surface area contributed by atoms with Gasteiger partial charge in [-0.3, -0.25) is 19.2 Å². The van der Waals surface area contributed by atoms with E-state index in [1.54, 1.807) is 153 Å². The van der Waals surface area contributed by atoms with Gasteiger partial charge in [-0.2, -0.15) is 26.3 Å². The summed E-state index contributed by atoms with van der Waals surface area (Å²) in [6, 6.07) is 68.0. The zero-order valence-corrected chi connectivity index (χ0v) is 77.6. The molecule has 0 atom stereocenters. The van der Waals surface area contributed by atoms with Crippen LogP contribution in [0.1, 0.15) is 73.2 Å². The maximum absolute atomic E-state index is 14.4. The molecule has 0 fully saturated rings. The van der Waals surface area contributed by atoms with E-state index in [1.165, 1.54) is 51.1 Å². The van der Waals surface area contributed by atoms with Gasteiger partial charge in [0.2, 0.25) is 0 Å². The summed E-state index contributed by atoms with van der Waals surface area (Å²) in [5.41, 5.74) is -1.52. The molecule has 0 amide bonds. The lowest BCUT2D eigenvalue weighted by molar-refractivity contribution is -0.138. The third kappa shape index (κ3) is 19.6. The average Bonchev–Trinajstić information content (AvgIpc) is 0.747. The standard InChI is InChI=1S/C27H18F3NO5S.C25H15BrFNO4S.C25H20F3NO4S.C25H23NO5S/c1-35-17-8-4-6-15(12-17)14-31-20-11-3-2-10-19(20)23-21(25(31)33)22(32)24(26(34)36-23)37-18-9-5-7-16(13-18)27(28,29)30;26-15-7-5-8-16(12-15)33-23-21(29)20-22(32-25(23)31)17-9-2-4-11-19(17)28(24(20)30)13-14-6-1-3-10-18(14)27;1-13(2)29-19(15-8-5-4-6-9-15)14(3)21-18(23(29)31)20(30)22(24(32)33-21)34-17-11-7-10-16(12-17)25(26,27)28;1-14(2)26-20(16-9-6-5-7-10-16)15(3)22-19(24(26)28)21(27)23(25(29)31-22)32-18-12-8-11-17(13-18)30-4/h2-13,32H,14H2,1H3;1-12,29H,13H2;4-13,30H,1-3H3;5-14,27H,1-4H3. The summed E-state index contributed by atoms with van der Waals surface area (Å²) in [6.45, 7) is 11.0. The number of aromatic nitrogens is 4. The number of fused-ring (bicyclic) bond motifs is 8. The third-order valence-corrected chi connectivity index (χ3v) is 26.4. The second-order valence-corrected chi connectivity index (χ2v) is 36.4. The summed E-state index contributed by atoms with van der Waals surface area (Å²) >= 11 is 6.61. The van der Waals surface area contributed by atoms with E-state index in [4.69, 9.17) is 27.1 Å². The Morgan fingerprint density at radius 3 is 1.11 bits per heavy atom. The zero-order chi connectivity index (χ0) is 97.2. The van der Waals surface area contributed by atoms with Gasteiger partial charge in [-0.1, -0.05) is 203 Å². The van der Waals surface area contributed by atoms with Gasteiger partial charge in [-0.25, -0.2) is 23.6 Å². The smallest absolute Gasteiger partial charge is 0.416 e. The van der Waals surface area contributed by atoms with E-state index in [-0.39, 0.29) is 104 Å². The highest BCUT2D eigenvalue weighted by atomic mass is 79.9. The van der Waals surface area contributed by atoms with Crippen LogP contribution in [0.2, 0.25) is 0 Å². The minimum atomic E-state index is -4.58. The molecule has 22 nitrogen and oxygen atoms in total. The van der Waals surface area contributed by atoms with Crippen molar-refractivity contribution in [2.45, 2.75) is 118 Å². The van der Waals surface area contributed by atoms with Gasteiger partial charge in [0.05, 0.1) is 60.9 Å². The SMILES string of the molecule is COc1cccc(Cn2c(=O)c3c(O)c(Sc4cccc(C(F)(F)F)c4)c(=O)oc3c3ccccc32)c1.COc1cccc(Sc2c(O)c3c(=O)n(C(C)C)c(-c4ccccc4)c(C)c3oc2=O)c1.Cc1c(-c2ccccc2)n(C(C)C)c(=O)c2c(O)c(Sc3cccc(C(F)(F)F)c3)c(=O)oc12.O=c1oc2c(c(O)c1Sc1cccc(Br)c1)c(=O)n(Cc1ccccc1F)c1ccccc21. The van der Waals surface area contributed by atoms with Crippen LogP contribution >= 0.6 is 63.0 Å². The molecule has 0 aliphatic carbocycles. The first-order valence-electron chi connectivity index (χ1n) is 41.4. The highest BCUT2D eigenvalue weighted by Crippen LogP contribution is 2.46. The molecule has 18 aromatic rings. The lowest BCUT2D eigenvalue weighted by Crippen LogP contribution is -2.26. The normalized spacial score (nSPS) is 11.6. The largest absolute Gasteiger partial charge is 0.505 e. The van der Waals surface area contributed by atoms with Gasteiger partial charge in [0.1, 0.15) is 58.4 Å². The Hall–Kier alpha value is -14.5. The molecule has 34 heteroatoms. The van der Waals surface area contributed by atoms with Crippen molar-refractivity contribution in [3.63, 3.8) is 0 Å². The van der Waals surface area contributed by atoms with E-state index in [0.29, 0.717) is 94.7 Å². The molecule has 136 heavy (non-hydrogen) atoms. The maximum atomic E-state index is 14.4. The molecule has 18 rings (SSSR count). The number of aromatic hydroxyl groups is 4. The predicted octanol–water partition coefficient (Wildman–Crippen LogP) is 23.7. The van der Waals surface area contributed by atoms with Crippen molar-refractivity contribution < 1.29 is 78.3 Å². The second-order valence-electron chi connectivity index (χ2n) is 31.2. The summed E-state index contributed by atoms with van der Waals surface area (Å²) in [7, 11) is 3.08. The summed E-state index contributed by atoms with van der Waals surface area (Å²) in [5, 5.41) is 44.5. The fourth-order valence-electron chi connectivity index (χ4n) is 15.5. The first kappa shape index (κ1) is 96.1. The quantitative estimate of drug-likeness (QED) is 0.0458. The van der Waals surface area contributed by atoms with Crippen LogP contribution in [0, 0.1) is 19.7 Å². The van der Waals surface area contributed by atoms with Gasteiger partial charge in [0.25, 0.3) is 22.2 Å². The van der Waals surface area contributed by atoms with Crippen molar-refractivity contribution >= 4 is 129 Å². The van der Waals surface area contributed by atoms with Crippen LogP contribution < -0.4 is 54.2 Å². The van der Waals surface area contributed by atoms with Crippen molar-refractivity contribution in [1.82, 2.24) is 18.3 Å². The molecular weight excluding hydrogens is 1910 g/mol.